The molecule has 2 aromatic rings. The minimum atomic E-state index is -0.332. The average Bonchev–Trinajstić information content (AvgIpc) is 2.89. The van der Waals surface area contributed by atoms with Gasteiger partial charge in [0.15, 0.2) is 11.6 Å². The molecule has 1 unspecified atom stereocenters. The van der Waals surface area contributed by atoms with Crippen molar-refractivity contribution in [2.24, 2.45) is 7.05 Å². The van der Waals surface area contributed by atoms with Gasteiger partial charge in [0.2, 0.25) is 0 Å². The van der Waals surface area contributed by atoms with E-state index in [-0.39, 0.29) is 17.6 Å². The molecule has 1 atom stereocenters. The summed E-state index contributed by atoms with van der Waals surface area (Å²) in [5.74, 6) is -0.0631. The molecule has 0 saturated heterocycles. The molecule has 0 saturated carbocycles. The van der Waals surface area contributed by atoms with Crippen LogP contribution in [0, 0.1) is 5.82 Å². The predicted octanol–water partition coefficient (Wildman–Crippen LogP) is 3.20. The van der Waals surface area contributed by atoms with Gasteiger partial charge < -0.3 is 10.1 Å². The Bertz CT molecular complexity index is 583. The normalized spacial score (nSPS) is 12.4. The van der Waals surface area contributed by atoms with Crippen LogP contribution in [0.2, 0.25) is 0 Å². The number of nitrogens with one attached hydrogen (secondary N) is 1. The van der Waals surface area contributed by atoms with Crippen LogP contribution in [0.4, 0.5) is 4.39 Å². The van der Waals surface area contributed by atoms with Crippen molar-refractivity contribution >= 4 is 0 Å². The van der Waals surface area contributed by atoms with Gasteiger partial charge in [0, 0.05) is 24.8 Å². The molecule has 4 nitrogen and oxygen atoms in total. The van der Waals surface area contributed by atoms with E-state index in [0.29, 0.717) is 6.61 Å². The van der Waals surface area contributed by atoms with Gasteiger partial charge in [0.05, 0.1) is 6.20 Å². The number of rotatable bonds is 7. The second-order valence-corrected chi connectivity index (χ2v) is 5.18. The van der Waals surface area contributed by atoms with Gasteiger partial charge in [0.1, 0.15) is 6.61 Å². The van der Waals surface area contributed by atoms with E-state index in [9.17, 15) is 4.39 Å². The summed E-state index contributed by atoms with van der Waals surface area (Å²) in [6, 6.07) is 5.25. The highest BCUT2D eigenvalue weighted by molar-refractivity contribution is 5.31. The van der Waals surface area contributed by atoms with Gasteiger partial charge in [-0.3, -0.25) is 4.68 Å². The molecule has 0 aliphatic carbocycles. The Labute approximate surface area is 124 Å². The molecule has 0 spiro atoms. The van der Waals surface area contributed by atoms with Gasteiger partial charge >= 0.3 is 0 Å². The number of nitrogens with zero attached hydrogens (tertiary/aromatic N) is 2. The molecule has 1 N–H and O–H groups in total. The van der Waals surface area contributed by atoms with Crippen LogP contribution >= 0.6 is 0 Å². The number of aryl methyl sites for hydroxylation is 1. The van der Waals surface area contributed by atoms with Crippen LogP contribution in [0.5, 0.6) is 5.75 Å². The highest BCUT2D eigenvalue weighted by atomic mass is 19.1. The minimum absolute atomic E-state index is 0.131. The van der Waals surface area contributed by atoms with Crippen LogP contribution in [-0.2, 0) is 13.7 Å². The Hall–Kier alpha value is -1.88. The average molecular weight is 291 g/mol. The lowest BCUT2D eigenvalue weighted by atomic mass is 10.1. The van der Waals surface area contributed by atoms with Gasteiger partial charge in [-0.2, -0.15) is 5.10 Å². The first-order chi connectivity index (χ1) is 10.1. The van der Waals surface area contributed by atoms with Crippen molar-refractivity contribution in [1.82, 2.24) is 15.1 Å². The van der Waals surface area contributed by atoms with Gasteiger partial charge in [-0.1, -0.05) is 13.0 Å². The SMILES string of the molecule is CCCNC(C)c1ccc(OCc2cnn(C)c2)c(F)c1. The second-order valence-electron chi connectivity index (χ2n) is 5.18. The van der Waals surface area contributed by atoms with Crippen LogP contribution < -0.4 is 10.1 Å². The zero-order valence-electron chi connectivity index (χ0n) is 12.8. The van der Waals surface area contributed by atoms with E-state index in [4.69, 9.17) is 4.74 Å². The fraction of sp³-hybridized carbons (Fsp3) is 0.438. The number of ether oxygens (including phenoxy) is 1. The van der Waals surface area contributed by atoms with E-state index in [1.165, 1.54) is 6.07 Å². The molecule has 0 radical (unpaired) electrons. The Morgan fingerprint density at radius 3 is 2.86 bits per heavy atom. The number of benzene rings is 1. The first-order valence-electron chi connectivity index (χ1n) is 7.23. The van der Waals surface area contributed by atoms with Crippen molar-refractivity contribution in [1.29, 1.82) is 0 Å². The van der Waals surface area contributed by atoms with Crippen LogP contribution in [-0.4, -0.2) is 16.3 Å². The standard InChI is InChI=1S/C16H22FN3O/c1-4-7-18-12(2)14-5-6-16(15(17)8-14)21-11-13-9-19-20(3)10-13/h5-6,8-10,12,18H,4,7,11H2,1-3H3. The van der Waals surface area contributed by atoms with Crippen molar-refractivity contribution < 1.29 is 9.13 Å². The van der Waals surface area contributed by atoms with Crippen molar-refractivity contribution in [3.8, 4) is 5.75 Å². The molecule has 0 aliphatic rings. The number of hydrogen-bond acceptors (Lipinski definition) is 3. The Morgan fingerprint density at radius 1 is 1.43 bits per heavy atom. The summed E-state index contributed by atoms with van der Waals surface area (Å²) < 4.78 is 21.3. The minimum Gasteiger partial charge on any atom is -0.486 e. The van der Waals surface area contributed by atoms with Crippen LogP contribution in [0.15, 0.2) is 30.6 Å². The fourth-order valence-corrected chi connectivity index (χ4v) is 2.09. The lowest BCUT2D eigenvalue weighted by Crippen LogP contribution is -2.19. The van der Waals surface area contributed by atoms with Gasteiger partial charge in [-0.15, -0.1) is 0 Å². The van der Waals surface area contributed by atoms with Gasteiger partial charge in [0.25, 0.3) is 0 Å². The summed E-state index contributed by atoms with van der Waals surface area (Å²) >= 11 is 0. The second kappa shape index (κ2) is 7.22. The molecule has 0 fully saturated rings. The molecule has 0 bridgehead atoms. The zero-order chi connectivity index (χ0) is 15.2. The molecule has 0 aliphatic heterocycles. The van der Waals surface area contributed by atoms with E-state index >= 15 is 0 Å². The molecule has 0 amide bonds. The van der Waals surface area contributed by atoms with Crippen molar-refractivity contribution in [3.63, 3.8) is 0 Å². The third-order valence-corrected chi connectivity index (χ3v) is 3.31. The molecule has 1 aromatic carbocycles. The van der Waals surface area contributed by atoms with E-state index in [0.717, 1.165) is 24.1 Å². The monoisotopic (exact) mass is 291 g/mol. The molecule has 1 aromatic heterocycles. The molecule has 114 valence electrons. The van der Waals surface area contributed by atoms with Crippen molar-refractivity contribution in [3.05, 3.63) is 47.5 Å². The molecular formula is C16H22FN3O. The quantitative estimate of drug-likeness (QED) is 0.851. The fourth-order valence-electron chi connectivity index (χ4n) is 2.09. The summed E-state index contributed by atoms with van der Waals surface area (Å²) in [5.41, 5.74) is 1.84. The maximum absolute atomic E-state index is 14.1. The van der Waals surface area contributed by atoms with Crippen LogP contribution in [0.25, 0.3) is 0 Å². The predicted molar refractivity (Wildman–Crippen MR) is 80.6 cm³/mol. The molecule has 1 heterocycles. The van der Waals surface area contributed by atoms with E-state index in [1.807, 2.05) is 26.2 Å². The summed E-state index contributed by atoms with van der Waals surface area (Å²) in [5, 5.41) is 7.39. The highest BCUT2D eigenvalue weighted by Gasteiger charge is 2.10. The lowest BCUT2D eigenvalue weighted by molar-refractivity contribution is 0.290. The van der Waals surface area contributed by atoms with Gasteiger partial charge in [-0.25, -0.2) is 4.39 Å². The number of hydrogen-bond donors (Lipinski definition) is 1. The summed E-state index contributed by atoms with van der Waals surface area (Å²) in [6.07, 6.45) is 4.62. The highest BCUT2D eigenvalue weighted by Crippen LogP contribution is 2.23. The van der Waals surface area contributed by atoms with Crippen molar-refractivity contribution in [2.45, 2.75) is 32.9 Å². The molecule has 21 heavy (non-hydrogen) atoms. The Balaban J connectivity index is 1.98. The van der Waals surface area contributed by atoms with Crippen LogP contribution in [0.1, 0.15) is 37.4 Å². The zero-order valence-corrected chi connectivity index (χ0v) is 12.8. The Kier molecular flexibility index (Phi) is 5.33. The molecular weight excluding hydrogens is 269 g/mol. The topological polar surface area (TPSA) is 39.1 Å². The smallest absolute Gasteiger partial charge is 0.165 e. The van der Waals surface area contributed by atoms with E-state index in [1.54, 1.807) is 16.9 Å². The third-order valence-electron chi connectivity index (χ3n) is 3.31. The van der Waals surface area contributed by atoms with Crippen molar-refractivity contribution in [2.75, 3.05) is 6.54 Å². The summed E-state index contributed by atoms with van der Waals surface area (Å²) in [7, 11) is 1.84. The van der Waals surface area contributed by atoms with E-state index < -0.39 is 0 Å². The maximum Gasteiger partial charge on any atom is 0.165 e. The number of aromatic nitrogens is 2. The van der Waals surface area contributed by atoms with Crippen LogP contribution in [0.3, 0.4) is 0 Å². The summed E-state index contributed by atoms with van der Waals surface area (Å²) in [4.78, 5) is 0. The molecule has 5 heteroatoms. The largest absolute Gasteiger partial charge is 0.486 e. The Morgan fingerprint density at radius 2 is 2.24 bits per heavy atom. The first-order valence-corrected chi connectivity index (χ1v) is 7.23. The lowest BCUT2D eigenvalue weighted by Gasteiger charge is -2.15. The summed E-state index contributed by atoms with van der Waals surface area (Å²) in [6.45, 7) is 5.37. The first kappa shape index (κ1) is 15.5. The van der Waals surface area contributed by atoms with E-state index in [2.05, 4.69) is 17.3 Å². The number of halogens is 1. The third kappa shape index (κ3) is 4.29. The van der Waals surface area contributed by atoms with Gasteiger partial charge in [-0.05, 0) is 37.6 Å². The maximum atomic E-state index is 14.1. The molecule has 2 rings (SSSR count).